The third-order valence-corrected chi connectivity index (χ3v) is 4.81. The lowest BCUT2D eigenvalue weighted by atomic mass is 9.95. The van der Waals surface area contributed by atoms with E-state index in [-0.39, 0.29) is 36.1 Å². The fourth-order valence-corrected chi connectivity index (χ4v) is 3.48. The molecule has 1 amide bonds. The zero-order chi connectivity index (χ0) is 16.9. The number of rotatable bonds is 4. The average Bonchev–Trinajstić information content (AvgIpc) is 2.60. The first-order valence-corrected chi connectivity index (χ1v) is 8.95. The van der Waals surface area contributed by atoms with Crippen molar-refractivity contribution in [1.82, 2.24) is 10.6 Å². The van der Waals surface area contributed by atoms with Crippen LogP contribution in [0.4, 0.5) is 4.39 Å². The predicted molar refractivity (Wildman–Crippen MR) is 103 cm³/mol. The third kappa shape index (κ3) is 5.27. The van der Waals surface area contributed by atoms with Gasteiger partial charge in [-0.15, -0.1) is 12.4 Å². The molecule has 1 heterocycles. The highest BCUT2D eigenvalue weighted by molar-refractivity contribution is 9.10. The lowest BCUT2D eigenvalue weighted by Gasteiger charge is -2.26. The van der Waals surface area contributed by atoms with E-state index in [2.05, 4.69) is 26.6 Å². The van der Waals surface area contributed by atoms with E-state index in [0.717, 1.165) is 35.0 Å². The van der Waals surface area contributed by atoms with Crippen molar-refractivity contribution >= 4 is 34.2 Å². The maximum atomic E-state index is 13.7. The summed E-state index contributed by atoms with van der Waals surface area (Å²) in [7, 11) is 0. The first-order valence-electron chi connectivity index (χ1n) is 8.15. The summed E-state index contributed by atoms with van der Waals surface area (Å²) in [6.45, 7) is 1.66. The van der Waals surface area contributed by atoms with Gasteiger partial charge in [-0.05, 0) is 54.8 Å². The number of hydrogen-bond donors (Lipinski definition) is 2. The molecule has 2 N–H and O–H groups in total. The Hall–Kier alpha value is -1.43. The molecule has 0 radical (unpaired) electrons. The molecule has 1 saturated heterocycles. The van der Waals surface area contributed by atoms with Crippen LogP contribution in [0.1, 0.15) is 30.0 Å². The smallest absolute Gasteiger partial charge is 0.225 e. The second-order valence-corrected chi connectivity index (χ2v) is 7.01. The highest BCUT2D eigenvalue weighted by Crippen LogP contribution is 2.26. The Balaban J connectivity index is 0.00000225. The van der Waals surface area contributed by atoms with Gasteiger partial charge in [-0.1, -0.05) is 40.2 Å². The Morgan fingerprint density at radius 1 is 1.20 bits per heavy atom. The third-order valence-electron chi connectivity index (χ3n) is 4.32. The normalized spacial score (nSPS) is 18.1. The van der Waals surface area contributed by atoms with E-state index >= 15 is 0 Å². The van der Waals surface area contributed by atoms with Gasteiger partial charge in [0.2, 0.25) is 5.91 Å². The number of hydrogen-bond acceptors (Lipinski definition) is 2. The van der Waals surface area contributed by atoms with Gasteiger partial charge in [-0.3, -0.25) is 4.79 Å². The Bertz CT molecular complexity index is 677. The SMILES string of the molecule is Cl.O=C(NC(c1cccc(F)c1)c1cccc(Br)c1)C1CCCNC1. The fraction of sp³-hybridized carbons (Fsp3) is 0.316. The standard InChI is InChI=1S/C19H20BrFN2O.ClH/c20-16-7-1-4-13(10-16)18(14-5-2-8-17(21)11-14)23-19(24)15-6-3-9-22-12-15;/h1-2,4-5,7-8,10-11,15,18,22H,3,6,9,12H2,(H,23,24);1H. The van der Waals surface area contributed by atoms with Crippen molar-refractivity contribution in [2.24, 2.45) is 5.92 Å². The molecule has 25 heavy (non-hydrogen) atoms. The van der Waals surface area contributed by atoms with E-state index in [0.29, 0.717) is 6.54 Å². The van der Waals surface area contributed by atoms with E-state index in [4.69, 9.17) is 0 Å². The minimum Gasteiger partial charge on any atom is -0.345 e. The monoisotopic (exact) mass is 426 g/mol. The fourth-order valence-electron chi connectivity index (χ4n) is 3.07. The zero-order valence-corrected chi connectivity index (χ0v) is 16.1. The maximum Gasteiger partial charge on any atom is 0.225 e. The lowest BCUT2D eigenvalue weighted by Crippen LogP contribution is -2.42. The number of halogens is 3. The van der Waals surface area contributed by atoms with Crippen molar-refractivity contribution < 1.29 is 9.18 Å². The first-order chi connectivity index (χ1) is 11.6. The molecule has 0 bridgehead atoms. The molecule has 2 unspecified atom stereocenters. The predicted octanol–water partition coefficient (Wildman–Crippen LogP) is 4.22. The molecule has 6 heteroatoms. The van der Waals surface area contributed by atoms with Crippen molar-refractivity contribution in [3.8, 4) is 0 Å². The molecule has 0 spiro atoms. The molecule has 3 rings (SSSR count). The van der Waals surface area contributed by atoms with Gasteiger partial charge >= 0.3 is 0 Å². The summed E-state index contributed by atoms with van der Waals surface area (Å²) in [5, 5.41) is 6.37. The second kappa shape index (κ2) is 9.32. The van der Waals surface area contributed by atoms with Gasteiger partial charge in [-0.2, -0.15) is 0 Å². The number of amides is 1. The highest BCUT2D eigenvalue weighted by atomic mass is 79.9. The van der Waals surface area contributed by atoms with E-state index in [1.54, 1.807) is 6.07 Å². The Morgan fingerprint density at radius 3 is 2.56 bits per heavy atom. The topological polar surface area (TPSA) is 41.1 Å². The maximum absolute atomic E-state index is 13.7. The minimum absolute atomic E-state index is 0. The quantitative estimate of drug-likeness (QED) is 0.767. The van der Waals surface area contributed by atoms with Gasteiger partial charge in [0.05, 0.1) is 12.0 Å². The van der Waals surface area contributed by atoms with E-state index in [9.17, 15) is 9.18 Å². The summed E-state index contributed by atoms with van der Waals surface area (Å²) >= 11 is 3.46. The zero-order valence-electron chi connectivity index (χ0n) is 13.7. The molecular formula is C19H21BrClFN2O. The van der Waals surface area contributed by atoms with Gasteiger partial charge < -0.3 is 10.6 Å². The molecule has 0 aromatic heterocycles. The van der Waals surface area contributed by atoms with Crippen LogP contribution in [-0.2, 0) is 4.79 Å². The molecule has 2 aromatic carbocycles. The van der Waals surface area contributed by atoms with Crippen molar-refractivity contribution in [2.75, 3.05) is 13.1 Å². The van der Waals surface area contributed by atoms with Crippen LogP contribution in [0.15, 0.2) is 53.0 Å². The van der Waals surface area contributed by atoms with Gasteiger partial charge in [0.1, 0.15) is 5.82 Å². The van der Waals surface area contributed by atoms with Crippen LogP contribution in [0.5, 0.6) is 0 Å². The van der Waals surface area contributed by atoms with E-state index < -0.39 is 0 Å². The van der Waals surface area contributed by atoms with Gasteiger partial charge in [0.25, 0.3) is 0 Å². The summed E-state index contributed by atoms with van der Waals surface area (Å²) < 4.78 is 14.6. The molecule has 1 aliphatic rings. The Kier molecular flexibility index (Phi) is 7.41. The Labute approximate surface area is 161 Å². The number of carbonyl (C=O) groups is 1. The Morgan fingerprint density at radius 2 is 1.92 bits per heavy atom. The van der Waals surface area contributed by atoms with Crippen molar-refractivity contribution in [3.05, 3.63) is 69.9 Å². The number of piperidine rings is 1. The molecular weight excluding hydrogens is 407 g/mol. The second-order valence-electron chi connectivity index (χ2n) is 6.09. The van der Waals surface area contributed by atoms with Crippen LogP contribution in [0.3, 0.4) is 0 Å². The molecule has 2 aromatic rings. The first kappa shape index (κ1) is 19.9. The van der Waals surface area contributed by atoms with Gasteiger partial charge in [0, 0.05) is 11.0 Å². The average molecular weight is 428 g/mol. The van der Waals surface area contributed by atoms with E-state index in [1.165, 1.54) is 12.1 Å². The highest BCUT2D eigenvalue weighted by Gasteiger charge is 2.25. The molecule has 3 nitrogen and oxygen atoms in total. The minimum atomic E-state index is -0.368. The molecule has 2 atom stereocenters. The number of benzene rings is 2. The summed E-state index contributed by atoms with van der Waals surface area (Å²) in [5.41, 5.74) is 1.66. The van der Waals surface area contributed by atoms with Gasteiger partial charge in [0.15, 0.2) is 0 Å². The van der Waals surface area contributed by atoms with Crippen molar-refractivity contribution in [1.29, 1.82) is 0 Å². The molecule has 0 saturated carbocycles. The van der Waals surface area contributed by atoms with Crippen LogP contribution >= 0.6 is 28.3 Å². The summed E-state index contributed by atoms with van der Waals surface area (Å²) in [6, 6.07) is 13.8. The summed E-state index contributed by atoms with van der Waals surface area (Å²) in [6.07, 6.45) is 1.88. The van der Waals surface area contributed by atoms with Crippen molar-refractivity contribution in [3.63, 3.8) is 0 Å². The summed E-state index contributed by atoms with van der Waals surface area (Å²) in [4.78, 5) is 12.7. The molecule has 1 fully saturated rings. The van der Waals surface area contributed by atoms with Crippen LogP contribution < -0.4 is 10.6 Å². The van der Waals surface area contributed by atoms with Crippen LogP contribution in [-0.4, -0.2) is 19.0 Å². The van der Waals surface area contributed by atoms with Crippen molar-refractivity contribution in [2.45, 2.75) is 18.9 Å². The largest absolute Gasteiger partial charge is 0.345 e. The summed E-state index contributed by atoms with van der Waals surface area (Å²) in [5.74, 6) is -0.334. The molecule has 1 aliphatic heterocycles. The van der Waals surface area contributed by atoms with Crippen LogP contribution in [0.25, 0.3) is 0 Å². The number of nitrogens with one attached hydrogen (secondary N) is 2. The van der Waals surface area contributed by atoms with Crippen LogP contribution in [0.2, 0.25) is 0 Å². The molecule has 0 aliphatic carbocycles. The van der Waals surface area contributed by atoms with Gasteiger partial charge in [-0.25, -0.2) is 4.39 Å². The number of carbonyl (C=O) groups excluding carboxylic acids is 1. The molecule has 134 valence electrons. The van der Waals surface area contributed by atoms with E-state index in [1.807, 2.05) is 30.3 Å². The van der Waals surface area contributed by atoms with Crippen LogP contribution in [0, 0.1) is 11.7 Å². The lowest BCUT2D eigenvalue weighted by molar-refractivity contribution is -0.126.